The molecule has 136 valence electrons. The molecule has 0 fully saturated rings. The zero-order valence-corrected chi connectivity index (χ0v) is 15.2. The number of amides is 2. The lowest BCUT2D eigenvalue weighted by molar-refractivity contribution is -0.139. The van der Waals surface area contributed by atoms with E-state index in [1.807, 2.05) is 13.8 Å². The van der Waals surface area contributed by atoms with Crippen LogP contribution in [0.2, 0.25) is 0 Å². The van der Waals surface area contributed by atoms with Crippen molar-refractivity contribution in [2.45, 2.75) is 39.8 Å². The van der Waals surface area contributed by atoms with Gasteiger partial charge in [-0.25, -0.2) is 4.79 Å². The molecule has 6 heteroatoms. The van der Waals surface area contributed by atoms with E-state index < -0.39 is 17.9 Å². The number of rotatable bonds is 8. The van der Waals surface area contributed by atoms with Crippen LogP contribution in [0.3, 0.4) is 0 Å². The first-order chi connectivity index (χ1) is 11.8. The fourth-order valence-corrected chi connectivity index (χ4v) is 2.29. The van der Waals surface area contributed by atoms with Crippen molar-refractivity contribution < 1.29 is 19.5 Å². The van der Waals surface area contributed by atoms with Crippen LogP contribution in [0.4, 0.5) is 0 Å². The predicted molar refractivity (Wildman–Crippen MR) is 96.1 cm³/mol. The smallest absolute Gasteiger partial charge is 0.326 e. The number of aliphatic carboxylic acids is 1. The molecule has 2 amide bonds. The van der Waals surface area contributed by atoms with Gasteiger partial charge in [-0.15, -0.1) is 0 Å². The lowest BCUT2D eigenvalue weighted by Crippen LogP contribution is -2.40. The SMILES string of the molecule is C/C=C/CC(NC(=O)c1ccc(CN(C)C(=O)C(C)C)cc1)C(=O)O. The van der Waals surface area contributed by atoms with Crippen LogP contribution < -0.4 is 5.32 Å². The van der Waals surface area contributed by atoms with Crippen LogP contribution in [0.15, 0.2) is 36.4 Å². The highest BCUT2D eigenvalue weighted by Gasteiger charge is 2.19. The minimum atomic E-state index is -1.07. The highest BCUT2D eigenvalue weighted by molar-refractivity contribution is 5.96. The number of nitrogens with zero attached hydrogens (tertiary/aromatic N) is 1. The highest BCUT2D eigenvalue weighted by Crippen LogP contribution is 2.10. The Balaban J connectivity index is 2.73. The van der Waals surface area contributed by atoms with Crippen molar-refractivity contribution in [2.75, 3.05) is 7.05 Å². The molecule has 6 nitrogen and oxygen atoms in total. The van der Waals surface area contributed by atoms with Crippen LogP contribution in [0.5, 0.6) is 0 Å². The normalized spacial score (nSPS) is 12.2. The monoisotopic (exact) mass is 346 g/mol. The number of benzene rings is 1. The summed E-state index contributed by atoms with van der Waals surface area (Å²) < 4.78 is 0. The van der Waals surface area contributed by atoms with E-state index in [-0.39, 0.29) is 18.2 Å². The maximum absolute atomic E-state index is 12.2. The van der Waals surface area contributed by atoms with Gasteiger partial charge in [-0.1, -0.05) is 38.1 Å². The van der Waals surface area contributed by atoms with Gasteiger partial charge in [0.1, 0.15) is 6.04 Å². The van der Waals surface area contributed by atoms with E-state index in [0.717, 1.165) is 5.56 Å². The Morgan fingerprint density at radius 2 is 1.80 bits per heavy atom. The number of carbonyl (C=O) groups is 3. The summed E-state index contributed by atoms with van der Waals surface area (Å²) in [6, 6.07) is 5.83. The van der Waals surface area contributed by atoms with Gasteiger partial charge in [0.25, 0.3) is 5.91 Å². The zero-order valence-electron chi connectivity index (χ0n) is 15.2. The summed E-state index contributed by atoms with van der Waals surface area (Å²) in [5.41, 5.74) is 1.28. The summed E-state index contributed by atoms with van der Waals surface area (Å²) in [7, 11) is 1.74. The van der Waals surface area contributed by atoms with Crippen LogP contribution in [0.25, 0.3) is 0 Å². The molecule has 1 atom stereocenters. The Hall–Kier alpha value is -2.63. The molecule has 1 unspecified atom stereocenters. The number of carbonyl (C=O) groups excluding carboxylic acids is 2. The van der Waals surface area contributed by atoms with Crippen LogP contribution >= 0.6 is 0 Å². The Bertz CT molecular complexity index is 635. The summed E-state index contributed by atoms with van der Waals surface area (Å²) in [6.45, 7) is 5.94. The Labute approximate surface area is 148 Å². The molecule has 0 saturated carbocycles. The molecule has 0 bridgehead atoms. The first-order valence-electron chi connectivity index (χ1n) is 8.25. The molecule has 0 aliphatic carbocycles. The number of carboxylic acid groups (broad SMARTS) is 1. The maximum Gasteiger partial charge on any atom is 0.326 e. The fraction of sp³-hybridized carbons (Fsp3) is 0.421. The number of allylic oxidation sites excluding steroid dienone is 1. The summed E-state index contributed by atoms with van der Waals surface area (Å²) in [5, 5.41) is 11.7. The van der Waals surface area contributed by atoms with E-state index in [4.69, 9.17) is 5.11 Å². The zero-order chi connectivity index (χ0) is 19.0. The molecule has 0 spiro atoms. The molecule has 0 aromatic heterocycles. The number of carboxylic acids is 1. The highest BCUT2D eigenvalue weighted by atomic mass is 16.4. The molecule has 1 aromatic rings. The molecule has 1 aromatic carbocycles. The third-order valence-electron chi connectivity index (χ3n) is 3.72. The quantitative estimate of drug-likeness (QED) is 0.708. The topological polar surface area (TPSA) is 86.7 Å². The van der Waals surface area contributed by atoms with E-state index in [2.05, 4.69) is 5.32 Å². The molecule has 0 heterocycles. The van der Waals surface area contributed by atoms with Gasteiger partial charge in [0.05, 0.1) is 0 Å². The largest absolute Gasteiger partial charge is 0.480 e. The van der Waals surface area contributed by atoms with E-state index in [0.29, 0.717) is 12.1 Å². The predicted octanol–water partition coefficient (Wildman–Crippen LogP) is 2.45. The summed E-state index contributed by atoms with van der Waals surface area (Å²) >= 11 is 0. The summed E-state index contributed by atoms with van der Waals surface area (Å²) in [5.74, 6) is -1.53. The second-order valence-electron chi connectivity index (χ2n) is 6.21. The fourth-order valence-electron chi connectivity index (χ4n) is 2.29. The van der Waals surface area contributed by atoms with E-state index in [9.17, 15) is 14.4 Å². The van der Waals surface area contributed by atoms with Crippen molar-refractivity contribution in [3.8, 4) is 0 Å². The molecule has 0 aliphatic heterocycles. The van der Waals surface area contributed by atoms with Crippen molar-refractivity contribution in [3.63, 3.8) is 0 Å². The van der Waals surface area contributed by atoms with E-state index >= 15 is 0 Å². The van der Waals surface area contributed by atoms with Crippen molar-refractivity contribution in [3.05, 3.63) is 47.5 Å². The van der Waals surface area contributed by atoms with Crippen LogP contribution in [0, 0.1) is 5.92 Å². The summed E-state index contributed by atoms with van der Waals surface area (Å²) in [6.07, 6.45) is 3.67. The number of hydrogen-bond donors (Lipinski definition) is 2. The van der Waals surface area contributed by atoms with Crippen molar-refractivity contribution in [1.29, 1.82) is 0 Å². The first kappa shape index (κ1) is 20.4. The molecule has 0 saturated heterocycles. The summed E-state index contributed by atoms with van der Waals surface area (Å²) in [4.78, 5) is 36.9. The third-order valence-corrected chi connectivity index (χ3v) is 3.72. The Morgan fingerprint density at radius 1 is 1.20 bits per heavy atom. The van der Waals surface area contributed by atoms with Crippen molar-refractivity contribution in [2.24, 2.45) is 5.92 Å². The lowest BCUT2D eigenvalue weighted by Gasteiger charge is -2.19. The van der Waals surface area contributed by atoms with Gasteiger partial charge in [0.2, 0.25) is 5.91 Å². The second-order valence-corrected chi connectivity index (χ2v) is 6.21. The van der Waals surface area contributed by atoms with Gasteiger partial charge in [0, 0.05) is 25.1 Å². The Morgan fingerprint density at radius 3 is 2.28 bits per heavy atom. The number of hydrogen-bond acceptors (Lipinski definition) is 3. The van der Waals surface area contributed by atoms with E-state index in [1.165, 1.54) is 0 Å². The van der Waals surface area contributed by atoms with Crippen molar-refractivity contribution in [1.82, 2.24) is 10.2 Å². The van der Waals surface area contributed by atoms with Gasteiger partial charge in [-0.2, -0.15) is 0 Å². The second kappa shape index (κ2) is 9.61. The number of nitrogens with one attached hydrogen (secondary N) is 1. The van der Waals surface area contributed by atoms with Crippen molar-refractivity contribution >= 4 is 17.8 Å². The molecule has 0 aliphatic rings. The molecule has 2 N–H and O–H groups in total. The van der Waals surface area contributed by atoms with Gasteiger partial charge in [-0.3, -0.25) is 9.59 Å². The average molecular weight is 346 g/mol. The maximum atomic E-state index is 12.2. The standard InChI is InChI=1S/C19H26N2O4/c1-5-6-7-16(19(24)25)20-17(22)15-10-8-14(9-11-15)12-21(4)18(23)13(2)3/h5-6,8-11,13,16H,7,12H2,1-4H3,(H,20,22)(H,24,25)/b6-5+. The molecular weight excluding hydrogens is 320 g/mol. The first-order valence-corrected chi connectivity index (χ1v) is 8.25. The van der Waals surface area contributed by atoms with Crippen LogP contribution in [0.1, 0.15) is 43.1 Å². The van der Waals surface area contributed by atoms with E-state index in [1.54, 1.807) is 55.3 Å². The van der Waals surface area contributed by atoms with Gasteiger partial charge in [0.15, 0.2) is 0 Å². The minimum Gasteiger partial charge on any atom is -0.480 e. The molecule has 25 heavy (non-hydrogen) atoms. The van der Waals surface area contributed by atoms with Gasteiger partial charge < -0.3 is 15.3 Å². The van der Waals surface area contributed by atoms with Gasteiger partial charge in [-0.05, 0) is 31.0 Å². The van der Waals surface area contributed by atoms with Gasteiger partial charge >= 0.3 is 5.97 Å². The molecule has 0 radical (unpaired) electrons. The van der Waals surface area contributed by atoms with Crippen LogP contribution in [-0.4, -0.2) is 40.9 Å². The Kier molecular flexibility index (Phi) is 7.85. The molecular formula is C19H26N2O4. The molecule has 1 rings (SSSR count). The lowest BCUT2D eigenvalue weighted by atomic mass is 10.1. The average Bonchev–Trinajstić information content (AvgIpc) is 2.57. The van der Waals surface area contributed by atoms with Crippen LogP contribution in [-0.2, 0) is 16.1 Å². The minimum absolute atomic E-state index is 0.0510. The third kappa shape index (κ3) is 6.41.